The van der Waals surface area contributed by atoms with Crippen LogP contribution in [0.25, 0.3) is 22.5 Å². The van der Waals surface area contributed by atoms with Crippen LogP contribution in [0.1, 0.15) is 25.5 Å². The van der Waals surface area contributed by atoms with Crippen molar-refractivity contribution in [3.8, 4) is 28.2 Å². The minimum atomic E-state index is 0.0821. The van der Waals surface area contributed by atoms with Crippen molar-refractivity contribution in [2.45, 2.75) is 20.0 Å². The Morgan fingerprint density at radius 1 is 1.09 bits per heavy atom. The molecule has 1 heterocycles. The fourth-order valence-electron chi connectivity index (χ4n) is 2.56. The highest BCUT2D eigenvalue weighted by molar-refractivity contribution is 5.75. The average molecular weight is 309 g/mol. The molecule has 3 rings (SSSR count). The monoisotopic (exact) mass is 309 g/mol. The molecule has 2 aromatic carbocycles. The Bertz CT molecular complexity index is 764. The number of phenolic OH excluding ortho intramolecular Hbond substituents is 1. The van der Waals surface area contributed by atoms with Gasteiger partial charge in [0.15, 0.2) is 5.76 Å². The van der Waals surface area contributed by atoms with Gasteiger partial charge in [-0.1, -0.05) is 35.5 Å². The summed E-state index contributed by atoms with van der Waals surface area (Å²) in [5.41, 5.74) is 3.85. The van der Waals surface area contributed by atoms with E-state index in [0.717, 1.165) is 16.7 Å². The van der Waals surface area contributed by atoms with Crippen LogP contribution < -0.4 is 0 Å². The first-order valence-electron chi connectivity index (χ1n) is 7.65. The first-order chi connectivity index (χ1) is 11.2. The van der Waals surface area contributed by atoms with Gasteiger partial charge in [0.25, 0.3) is 0 Å². The maximum absolute atomic E-state index is 10.0. The van der Waals surface area contributed by atoms with Crippen molar-refractivity contribution in [2.75, 3.05) is 6.61 Å². The highest BCUT2D eigenvalue weighted by atomic mass is 16.5. The largest absolute Gasteiger partial charge is 0.507 e. The van der Waals surface area contributed by atoms with E-state index in [1.165, 1.54) is 0 Å². The van der Waals surface area contributed by atoms with Gasteiger partial charge in [-0.05, 0) is 42.7 Å². The summed E-state index contributed by atoms with van der Waals surface area (Å²) in [7, 11) is 0. The van der Waals surface area contributed by atoms with Gasteiger partial charge in [-0.3, -0.25) is 0 Å². The van der Waals surface area contributed by atoms with E-state index in [1.54, 1.807) is 18.3 Å². The van der Waals surface area contributed by atoms with E-state index in [9.17, 15) is 5.11 Å². The average Bonchev–Trinajstić information content (AvgIpc) is 3.10. The number of benzene rings is 2. The lowest BCUT2D eigenvalue weighted by molar-refractivity contribution is 0.0764. The van der Waals surface area contributed by atoms with Crippen molar-refractivity contribution in [3.63, 3.8) is 0 Å². The second kappa shape index (κ2) is 6.67. The summed E-state index contributed by atoms with van der Waals surface area (Å²) in [5, 5.41) is 13.7. The third kappa shape index (κ3) is 3.27. The maximum Gasteiger partial charge on any atom is 0.170 e. The molecule has 0 amide bonds. The van der Waals surface area contributed by atoms with E-state index < -0.39 is 0 Å². The first kappa shape index (κ1) is 15.3. The van der Waals surface area contributed by atoms with Crippen LogP contribution in [0.2, 0.25) is 0 Å². The molecule has 0 fully saturated rings. The Morgan fingerprint density at radius 3 is 2.48 bits per heavy atom. The number of aromatic hydroxyl groups is 1. The van der Waals surface area contributed by atoms with Crippen molar-refractivity contribution in [3.05, 3.63) is 60.3 Å². The van der Waals surface area contributed by atoms with Gasteiger partial charge in [-0.25, -0.2) is 0 Å². The summed E-state index contributed by atoms with van der Waals surface area (Å²) in [6.45, 7) is 4.73. The smallest absolute Gasteiger partial charge is 0.170 e. The SMILES string of the molecule is CCO[C@@H](C)c1ccc(-c2ccc(O)c(-c3ccno3)c2)cc1. The normalized spacial score (nSPS) is 12.3. The van der Waals surface area contributed by atoms with Crippen LogP contribution in [0.15, 0.2) is 59.3 Å². The van der Waals surface area contributed by atoms with Crippen LogP contribution in [-0.2, 0) is 4.74 Å². The minimum Gasteiger partial charge on any atom is -0.507 e. The van der Waals surface area contributed by atoms with Gasteiger partial charge in [0.2, 0.25) is 0 Å². The summed E-state index contributed by atoms with van der Waals surface area (Å²) in [5.74, 6) is 0.720. The molecule has 0 aliphatic rings. The molecular weight excluding hydrogens is 290 g/mol. The highest BCUT2D eigenvalue weighted by Gasteiger charge is 2.11. The Hall–Kier alpha value is -2.59. The first-order valence-corrected chi connectivity index (χ1v) is 7.65. The van der Waals surface area contributed by atoms with E-state index in [0.29, 0.717) is 17.9 Å². The zero-order valence-corrected chi connectivity index (χ0v) is 13.2. The number of aromatic nitrogens is 1. The van der Waals surface area contributed by atoms with Crippen molar-refractivity contribution in [1.29, 1.82) is 0 Å². The number of nitrogens with zero attached hydrogens (tertiary/aromatic N) is 1. The lowest BCUT2D eigenvalue weighted by Crippen LogP contribution is -1.98. The van der Waals surface area contributed by atoms with Gasteiger partial charge in [-0.15, -0.1) is 0 Å². The molecule has 0 aliphatic heterocycles. The van der Waals surface area contributed by atoms with E-state index in [4.69, 9.17) is 9.26 Å². The maximum atomic E-state index is 10.0. The number of hydrogen-bond acceptors (Lipinski definition) is 4. The number of hydrogen-bond donors (Lipinski definition) is 1. The van der Waals surface area contributed by atoms with E-state index >= 15 is 0 Å². The molecule has 4 heteroatoms. The zero-order valence-electron chi connectivity index (χ0n) is 13.2. The molecule has 0 radical (unpaired) electrons. The Labute approximate surface area is 135 Å². The summed E-state index contributed by atoms with van der Waals surface area (Å²) in [4.78, 5) is 0. The summed E-state index contributed by atoms with van der Waals surface area (Å²) in [6, 6.07) is 15.4. The van der Waals surface area contributed by atoms with E-state index in [2.05, 4.69) is 29.4 Å². The Morgan fingerprint density at radius 2 is 1.83 bits per heavy atom. The Balaban J connectivity index is 1.92. The summed E-state index contributed by atoms with van der Waals surface area (Å²) >= 11 is 0. The second-order valence-corrected chi connectivity index (χ2v) is 5.33. The van der Waals surface area contributed by atoms with Crippen molar-refractivity contribution in [1.82, 2.24) is 5.16 Å². The Kier molecular flexibility index (Phi) is 4.44. The van der Waals surface area contributed by atoms with Crippen LogP contribution >= 0.6 is 0 Å². The van der Waals surface area contributed by atoms with Crippen LogP contribution in [0, 0.1) is 0 Å². The number of ether oxygens (including phenoxy) is 1. The third-order valence-corrected chi connectivity index (χ3v) is 3.83. The zero-order chi connectivity index (χ0) is 16.2. The van der Waals surface area contributed by atoms with E-state index in [1.807, 2.05) is 26.0 Å². The van der Waals surface area contributed by atoms with Gasteiger partial charge in [0, 0.05) is 12.7 Å². The fourth-order valence-corrected chi connectivity index (χ4v) is 2.56. The molecule has 0 saturated carbocycles. The lowest BCUT2D eigenvalue weighted by Gasteiger charge is -2.13. The lowest BCUT2D eigenvalue weighted by atomic mass is 9.99. The van der Waals surface area contributed by atoms with Crippen LogP contribution in [-0.4, -0.2) is 16.9 Å². The van der Waals surface area contributed by atoms with Crippen molar-refractivity contribution >= 4 is 0 Å². The van der Waals surface area contributed by atoms with Gasteiger partial charge in [0.05, 0.1) is 17.9 Å². The molecule has 0 bridgehead atoms. The molecular formula is C19H19NO3. The van der Waals surface area contributed by atoms with Crippen LogP contribution in [0.5, 0.6) is 5.75 Å². The molecule has 0 spiro atoms. The second-order valence-electron chi connectivity index (χ2n) is 5.33. The molecule has 3 aromatic rings. The predicted octanol–water partition coefficient (Wildman–Crippen LogP) is 4.81. The summed E-state index contributed by atoms with van der Waals surface area (Å²) < 4.78 is 10.7. The molecule has 1 N–H and O–H groups in total. The topological polar surface area (TPSA) is 55.5 Å². The predicted molar refractivity (Wildman–Crippen MR) is 89.1 cm³/mol. The van der Waals surface area contributed by atoms with E-state index in [-0.39, 0.29) is 11.9 Å². The number of rotatable bonds is 5. The molecule has 23 heavy (non-hydrogen) atoms. The van der Waals surface area contributed by atoms with Crippen molar-refractivity contribution < 1.29 is 14.4 Å². The molecule has 0 aliphatic carbocycles. The van der Waals surface area contributed by atoms with Gasteiger partial charge >= 0.3 is 0 Å². The molecule has 0 saturated heterocycles. The highest BCUT2D eigenvalue weighted by Crippen LogP contribution is 2.33. The van der Waals surface area contributed by atoms with Gasteiger partial charge in [0.1, 0.15) is 5.75 Å². The van der Waals surface area contributed by atoms with Crippen LogP contribution in [0.3, 0.4) is 0 Å². The molecule has 1 atom stereocenters. The summed E-state index contributed by atoms with van der Waals surface area (Å²) in [6.07, 6.45) is 1.64. The molecule has 118 valence electrons. The molecule has 1 aromatic heterocycles. The molecule has 0 unspecified atom stereocenters. The molecule has 4 nitrogen and oxygen atoms in total. The minimum absolute atomic E-state index is 0.0821. The van der Waals surface area contributed by atoms with Gasteiger partial charge < -0.3 is 14.4 Å². The fraction of sp³-hybridized carbons (Fsp3) is 0.211. The van der Waals surface area contributed by atoms with Crippen LogP contribution in [0.4, 0.5) is 0 Å². The quantitative estimate of drug-likeness (QED) is 0.734. The number of phenols is 1. The van der Waals surface area contributed by atoms with Crippen molar-refractivity contribution in [2.24, 2.45) is 0 Å². The van der Waals surface area contributed by atoms with Gasteiger partial charge in [-0.2, -0.15) is 0 Å². The standard InChI is InChI=1S/C19H19NO3/c1-3-22-13(2)14-4-6-15(7-5-14)16-8-9-18(21)17(12-16)19-10-11-20-23-19/h4-13,21H,3H2,1-2H3/t13-/m0/s1. The third-order valence-electron chi connectivity index (χ3n) is 3.83.